The maximum absolute atomic E-state index is 2.23. The minimum atomic E-state index is 0. The van der Waals surface area contributed by atoms with Crippen LogP contribution < -0.4 is 0 Å². The highest BCUT2D eigenvalue weighted by Gasteiger charge is 2.11. The van der Waals surface area contributed by atoms with E-state index in [0.29, 0.717) is 0 Å². The first-order valence-electron chi connectivity index (χ1n) is 5.07. The van der Waals surface area contributed by atoms with Crippen LogP contribution in [0.1, 0.15) is 90.3 Å². The van der Waals surface area contributed by atoms with Crippen LogP contribution in [0.15, 0.2) is 24.3 Å². The largest absolute Gasteiger partial charge is 0.0776 e. The molecule has 0 aromatic heterocycles. The molecule has 0 fully saturated rings. The summed E-state index contributed by atoms with van der Waals surface area (Å²) in [5.41, 5.74) is 3.02. The Morgan fingerprint density at radius 3 is 1.11 bits per heavy atom. The second-order valence-corrected chi connectivity index (χ2v) is 4.12. The van der Waals surface area contributed by atoms with E-state index in [9.17, 15) is 0 Å². The summed E-state index contributed by atoms with van der Waals surface area (Å²) in [6.45, 7) is 12.8. The third-order valence-corrected chi connectivity index (χ3v) is 1.92. The van der Waals surface area contributed by atoms with E-state index in [2.05, 4.69) is 52.0 Å². The van der Waals surface area contributed by atoms with Gasteiger partial charge < -0.3 is 0 Å². The van der Waals surface area contributed by atoms with Crippen LogP contribution in [0.5, 0.6) is 0 Å². The summed E-state index contributed by atoms with van der Waals surface area (Å²) in [6.07, 6.45) is 0. The van der Waals surface area contributed by atoms with Crippen LogP contribution in [-0.2, 0) is 5.41 Å². The second-order valence-electron chi connectivity index (χ2n) is 4.12. The van der Waals surface area contributed by atoms with Gasteiger partial charge in [-0.25, -0.2) is 0 Å². The maximum atomic E-state index is 2.23. The van der Waals surface area contributed by atoms with Gasteiger partial charge in [-0.15, -0.1) is 0 Å². The van der Waals surface area contributed by atoms with Gasteiger partial charge in [-0.2, -0.15) is 0 Å². The highest BCUT2D eigenvalue weighted by atomic mass is 14.2. The van der Waals surface area contributed by atoms with Gasteiger partial charge in [0.1, 0.15) is 0 Å². The van der Waals surface area contributed by atoms with E-state index in [1.807, 2.05) is 13.8 Å². The molecule has 0 aliphatic heterocycles. The van der Waals surface area contributed by atoms with Gasteiger partial charge in [-0.3, -0.25) is 0 Å². The Bertz CT molecular complexity index is 223. The van der Waals surface area contributed by atoms with E-state index >= 15 is 0 Å². The van der Waals surface area contributed by atoms with Crippen LogP contribution in [0.4, 0.5) is 0 Å². The Morgan fingerprint density at radius 1 is 0.632 bits per heavy atom. The molecule has 0 radical (unpaired) electrons. The molecule has 0 unspecified atom stereocenters. The van der Waals surface area contributed by atoms with Gasteiger partial charge >= 0.3 is 0 Å². The van der Waals surface area contributed by atoms with Crippen molar-refractivity contribution in [3.63, 3.8) is 0 Å². The molecular formula is C19H46. The third kappa shape index (κ3) is 17.2. The van der Waals surface area contributed by atoms with Crippen molar-refractivity contribution >= 4 is 0 Å². The lowest BCUT2D eigenvalue weighted by molar-refractivity contribution is 0.590. The quantitative estimate of drug-likeness (QED) is 0.448. The fraction of sp³-hybridized carbons (Fsp3) is 0.684. The molecule has 0 aliphatic rings. The molecule has 0 bridgehead atoms. The Labute approximate surface area is 127 Å². The van der Waals surface area contributed by atoms with E-state index in [4.69, 9.17) is 0 Å². The summed E-state index contributed by atoms with van der Waals surface area (Å²) >= 11 is 0. The predicted molar refractivity (Wildman–Crippen MR) is 102 cm³/mol. The lowest BCUT2D eigenvalue weighted by Crippen LogP contribution is -2.10. The number of hydrogen-bond acceptors (Lipinski definition) is 0. The molecule has 0 heterocycles. The Hall–Kier alpha value is -0.780. The van der Waals surface area contributed by atoms with Crippen molar-refractivity contribution in [1.82, 2.24) is 0 Å². The summed E-state index contributed by atoms with van der Waals surface area (Å²) < 4.78 is 0. The third-order valence-electron chi connectivity index (χ3n) is 1.92. The van der Waals surface area contributed by atoms with Crippen molar-refractivity contribution in [2.24, 2.45) is 0 Å². The predicted octanol–water partition coefficient (Wildman–Crippen LogP) is 8.14. The summed E-state index contributed by atoms with van der Waals surface area (Å²) in [5, 5.41) is 0. The van der Waals surface area contributed by atoms with Gasteiger partial charge in [0.15, 0.2) is 0 Å². The molecule has 0 atom stereocenters. The Balaban J connectivity index is -0.0000000344. The average molecular weight is 275 g/mol. The first kappa shape index (κ1) is 42.9. The van der Waals surface area contributed by atoms with E-state index < -0.39 is 0 Å². The van der Waals surface area contributed by atoms with Gasteiger partial charge in [0.25, 0.3) is 0 Å². The summed E-state index contributed by atoms with van der Waals surface area (Å²) in [4.78, 5) is 0. The number of benzene rings is 1. The van der Waals surface area contributed by atoms with E-state index in [-0.39, 0.29) is 50.0 Å². The normalized spacial score (nSPS) is 7.05. The average Bonchev–Trinajstić information content (AvgIpc) is 2.07. The van der Waals surface area contributed by atoms with Gasteiger partial charge in [0, 0.05) is 0 Å². The summed E-state index contributed by atoms with van der Waals surface area (Å²) in [6, 6.07) is 8.74. The lowest BCUT2D eigenvalue weighted by atomic mass is 9.87. The van der Waals surface area contributed by atoms with Gasteiger partial charge in [0.2, 0.25) is 0 Å². The zero-order chi connectivity index (χ0) is 10.5. The SMILES string of the molecule is C.C.C.C.C.C.CC.Cc1ccc(C(C)(C)C)cc1. The minimum Gasteiger partial charge on any atom is -0.0776 e. The summed E-state index contributed by atoms with van der Waals surface area (Å²) in [5.74, 6) is 0. The van der Waals surface area contributed by atoms with E-state index in [0.717, 1.165) is 0 Å². The number of rotatable bonds is 0. The van der Waals surface area contributed by atoms with E-state index in [1.165, 1.54) is 11.1 Å². The molecule has 0 saturated heterocycles. The lowest BCUT2D eigenvalue weighted by Gasteiger charge is -2.18. The fourth-order valence-corrected chi connectivity index (χ4v) is 1.05. The molecular weight excluding hydrogens is 228 g/mol. The van der Waals surface area contributed by atoms with E-state index in [1.54, 1.807) is 0 Å². The van der Waals surface area contributed by atoms with Crippen molar-refractivity contribution in [2.45, 2.75) is 91.5 Å². The molecule has 0 aliphatic carbocycles. The monoisotopic (exact) mass is 274 g/mol. The van der Waals surface area contributed by atoms with Gasteiger partial charge in [0.05, 0.1) is 0 Å². The fourth-order valence-electron chi connectivity index (χ4n) is 1.05. The maximum Gasteiger partial charge on any atom is -0.0132 e. The molecule has 0 N–H and O–H groups in total. The molecule has 0 saturated carbocycles. The molecule has 19 heavy (non-hydrogen) atoms. The van der Waals surface area contributed by atoms with Crippen LogP contribution in [0.25, 0.3) is 0 Å². The first-order chi connectivity index (χ1) is 6.00. The Kier molecular flexibility index (Phi) is 44.2. The molecule has 1 aromatic rings. The molecule has 0 heteroatoms. The first-order valence-corrected chi connectivity index (χ1v) is 5.07. The molecule has 0 nitrogen and oxygen atoms in total. The van der Waals surface area contributed by atoms with Crippen molar-refractivity contribution < 1.29 is 0 Å². The smallest absolute Gasteiger partial charge is 0.0132 e. The van der Waals surface area contributed by atoms with Crippen LogP contribution in [0.3, 0.4) is 0 Å². The van der Waals surface area contributed by atoms with Crippen molar-refractivity contribution in [3.05, 3.63) is 35.4 Å². The van der Waals surface area contributed by atoms with Crippen molar-refractivity contribution in [3.8, 4) is 0 Å². The second kappa shape index (κ2) is 19.6. The number of aryl methyl sites for hydroxylation is 1. The van der Waals surface area contributed by atoms with Crippen LogP contribution in [0.2, 0.25) is 0 Å². The van der Waals surface area contributed by atoms with Crippen LogP contribution in [0, 0.1) is 6.92 Å². The van der Waals surface area contributed by atoms with Gasteiger partial charge in [-0.05, 0) is 17.9 Å². The van der Waals surface area contributed by atoms with Crippen LogP contribution >= 0.6 is 0 Å². The highest BCUT2D eigenvalue weighted by Crippen LogP contribution is 2.21. The molecule has 1 aromatic carbocycles. The topological polar surface area (TPSA) is 0 Å². The van der Waals surface area contributed by atoms with Gasteiger partial charge in [-0.1, -0.05) is 109 Å². The van der Waals surface area contributed by atoms with Crippen molar-refractivity contribution in [1.29, 1.82) is 0 Å². The molecule has 0 amide bonds. The standard InChI is InChI=1S/C11H16.C2H6.6CH4/c1-9-5-7-10(8-6-9)11(2,3)4;1-2;;;;;;/h5-8H,1-4H3;1-2H3;6*1H4. The number of hydrogen-bond donors (Lipinski definition) is 0. The zero-order valence-electron chi connectivity index (χ0n) is 9.81. The van der Waals surface area contributed by atoms with Crippen molar-refractivity contribution in [2.75, 3.05) is 0 Å². The molecule has 0 spiro atoms. The highest BCUT2D eigenvalue weighted by molar-refractivity contribution is 5.26. The Morgan fingerprint density at radius 2 is 0.895 bits per heavy atom. The molecule has 122 valence electrons. The summed E-state index contributed by atoms with van der Waals surface area (Å²) in [7, 11) is 0. The zero-order valence-corrected chi connectivity index (χ0v) is 9.81. The minimum absolute atomic E-state index is 0. The molecule has 1 rings (SSSR count). The van der Waals surface area contributed by atoms with Crippen LogP contribution in [-0.4, -0.2) is 0 Å².